The number of carbonyl (C=O) groups excluding carboxylic acids is 1. The van der Waals surface area contributed by atoms with Gasteiger partial charge in [0.2, 0.25) is 5.89 Å². The average Bonchev–Trinajstić information content (AvgIpc) is 3.46. The standard InChI is InChI=1S/C19H15N3O4S/c23-19(22-5-7-24-8-6-22)12-3-4-15-13(10-12)17(21-26-15)14-11-25-18(20-14)16-2-1-9-27-16/h1-4,9-11H,5-8H2. The van der Waals surface area contributed by atoms with Crippen LogP contribution in [0, 0.1) is 0 Å². The first-order valence-electron chi connectivity index (χ1n) is 8.56. The Hall–Kier alpha value is -2.97. The summed E-state index contributed by atoms with van der Waals surface area (Å²) >= 11 is 1.55. The van der Waals surface area contributed by atoms with Gasteiger partial charge in [-0.25, -0.2) is 4.98 Å². The van der Waals surface area contributed by atoms with Gasteiger partial charge in [0, 0.05) is 18.7 Å². The van der Waals surface area contributed by atoms with Crippen molar-refractivity contribution >= 4 is 28.2 Å². The summed E-state index contributed by atoms with van der Waals surface area (Å²) in [5.41, 5.74) is 2.33. The number of benzene rings is 1. The Labute approximate surface area is 158 Å². The van der Waals surface area contributed by atoms with Crippen molar-refractivity contribution in [1.29, 1.82) is 0 Å². The lowest BCUT2D eigenvalue weighted by molar-refractivity contribution is 0.0303. The summed E-state index contributed by atoms with van der Waals surface area (Å²) in [5.74, 6) is 0.517. The Morgan fingerprint density at radius 1 is 1.19 bits per heavy atom. The van der Waals surface area contributed by atoms with Gasteiger partial charge in [0.15, 0.2) is 5.58 Å². The summed E-state index contributed by atoms with van der Waals surface area (Å²) in [6.45, 7) is 2.33. The topological polar surface area (TPSA) is 81.6 Å². The van der Waals surface area contributed by atoms with Crippen LogP contribution in [0.15, 0.2) is 50.9 Å². The molecular formula is C19H15N3O4S. The summed E-state index contributed by atoms with van der Waals surface area (Å²) < 4.78 is 16.3. The Morgan fingerprint density at radius 2 is 2.07 bits per heavy atom. The number of thiophene rings is 1. The minimum atomic E-state index is -0.0215. The highest BCUT2D eigenvalue weighted by Crippen LogP contribution is 2.31. The SMILES string of the molecule is O=C(c1ccc2onc(-c3coc(-c4cccs4)n3)c2c1)N1CCOCC1. The number of carbonyl (C=O) groups is 1. The molecule has 27 heavy (non-hydrogen) atoms. The Morgan fingerprint density at radius 3 is 2.89 bits per heavy atom. The first kappa shape index (κ1) is 16.2. The van der Waals surface area contributed by atoms with Gasteiger partial charge in [-0.05, 0) is 29.6 Å². The van der Waals surface area contributed by atoms with E-state index < -0.39 is 0 Å². The number of morpholine rings is 1. The van der Waals surface area contributed by atoms with E-state index in [1.165, 1.54) is 0 Å². The van der Waals surface area contributed by atoms with E-state index in [1.54, 1.807) is 40.7 Å². The Bertz CT molecular complexity index is 1090. The van der Waals surface area contributed by atoms with Crippen molar-refractivity contribution in [1.82, 2.24) is 15.0 Å². The largest absolute Gasteiger partial charge is 0.443 e. The predicted octanol–water partition coefficient (Wildman–Crippen LogP) is 3.68. The minimum absolute atomic E-state index is 0.0215. The molecule has 0 N–H and O–H groups in total. The van der Waals surface area contributed by atoms with Gasteiger partial charge < -0.3 is 18.6 Å². The third-order valence-electron chi connectivity index (χ3n) is 4.49. The average molecular weight is 381 g/mol. The molecule has 1 aliphatic heterocycles. The molecule has 0 unspecified atom stereocenters. The fourth-order valence-electron chi connectivity index (χ4n) is 3.10. The van der Waals surface area contributed by atoms with Crippen LogP contribution in [-0.4, -0.2) is 47.3 Å². The maximum atomic E-state index is 12.8. The summed E-state index contributed by atoms with van der Waals surface area (Å²) in [4.78, 5) is 20.0. The van der Waals surface area contributed by atoms with Gasteiger partial charge in [0.05, 0.1) is 23.5 Å². The van der Waals surface area contributed by atoms with E-state index in [9.17, 15) is 4.79 Å². The molecule has 0 saturated carbocycles. The molecule has 0 spiro atoms. The molecule has 1 fully saturated rings. The molecule has 1 saturated heterocycles. The van der Waals surface area contributed by atoms with Gasteiger partial charge in [-0.15, -0.1) is 11.3 Å². The van der Waals surface area contributed by atoms with E-state index in [-0.39, 0.29) is 5.91 Å². The molecule has 4 heterocycles. The molecule has 1 amide bonds. The molecule has 0 atom stereocenters. The second kappa shape index (κ2) is 6.64. The predicted molar refractivity (Wildman–Crippen MR) is 99.5 cm³/mol. The zero-order chi connectivity index (χ0) is 18.2. The first-order valence-corrected chi connectivity index (χ1v) is 9.44. The highest BCUT2D eigenvalue weighted by Gasteiger charge is 2.21. The van der Waals surface area contributed by atoms with Crippen LogP contribution in [0.2, 0.25) is 0 Å². The normalized spacial score (nSPS) is 14.7. The number of rotatable bonds is 3. The number of amides is 1. The summed E-state index contributed by atoms with van der Waals surface area (Å²) in [6, 6.07) is 9.21. The second-order valence-electron chi connectivity index (χ2n) is 6.16. The van der Waals surface area contributed by atoms with Crippen molar-refractivity contribution < 1.29 is 18.5 Å². The molecule has 4 aromatic rings. The maximum absolute atomic E-state index is 12.8. The smallest absolute Gasteiger partial charge is 0.254 e. The van der Waals surface area contributed by atoms with Crippen LogP contribution in [0.3, 0.4) is 0 Å². The van der Waals surface area contributed by atoms with E-state index in [2.05, 4.69) is 10.1 Å². The molecule has 7 nitrogen and oxygen atoms in total. The molecule has 8 heteroatoms. The van der Waals surface area contributed by atoms with Gasteiger partial charge in [-0.3, -0.25) is 4.79 Å². The first-order chi connectivity index (χ1) is 13.3. The summed E-state index contributed by atoms with van der Waals surface area (Å²) in [6.07, 6.45) is 1.56. The fraction of sp³-hybridized carbons (Fsp3) is 0.211. The monoisotopic (exact) mass is 381 g/mol. The van der Waals surface area contributed by atoms with Crippen LogP contribution < -0.4 is 0 Å². The Kier molecular flexibility index (Phi) is 3.99. The minimum Gasteiger partial charge on any atom is -0.443 e. The third kappa shape index (κ3) is 2.92. The molecule has 0 aliphatic carbocycles. The van der Waals surface area contributed by atoms with Crippen molar-refractivity contribution in [2.24, 2.45) is 0 Å². The molecule has 0 radical (unpaired) electrons. The van der Waals surface area contributed by atoms with Crippen LogP contribution >= 0.6 is 11.3 Å². The highest BCUT2D eigenvalue weighted by atomic mass is 32.1. The fourth-order valence-corrected chi connectivity index (χ4v) is 3.76. The molecule has 1 aliphatic rings. The number of fused-ring (bicyclic) bond motifs is 1. The lowest BCUT2D eigenvalue weighted by Gasteiger charge is -2.26. The zero-order valence-electron chi connectivity index (χ0n) is 14.3. The van der Waals surface area contributed by atoms with Crippen molar-refractivity contribution in [3.63, 3.8) is 0 Å². The summed E-state index contributed by atoms with van der Waals surface area (Å²) in [7, 11) is 0. The van der Waals surface area contributed by atoms with Gasteiger partial charge in [0.25, 0.3) is 5.91 Å². The number of oxazole rings is 1. The van der Waals surface area contributed by atoms with Crippen molar-refractivity contribution in [3.8, 4) is 22.2 Å². The molecule has 5 rings (SSSR count). The van der Waals surface area contributed by atoms with E-state index in [4.69, 9.17) is 13.7 Å². The van der Waals surface area contributed by atoms with Crippen molar-refractivity contribution in [2.75, 3.05) is 26.3 Å². The highest BCUT2D eigenvalue weighted by molar-refractivity contribution is 7.13. The van der Waals surface area contributed by atoms with E-state index in [0.29, 0.717) is 54.7 Å². The van der Waals surface area contributed by atoms with Crippen LogP contribution in [0.1, 0.15) is 10.4 Å². The third-order valence-corrected chi connectivity index (χ3v) is 5.35. The number of ether oxygens (including phenoxy) is 1. The van der Waals surface area contributed by atoms with Gasteiger partial charge >= 0.3 is 0 Å². The number of hydrogen-bond donors (Lipinski definition) is 0. The molecular weight excluding hydrogens is 366 g/mol. The maximum Gasteiger partial charge on any atom is 0.254 e. The quantitative estimate of drug-likeness (QED) is 0.538. The van der Waals surface area contributed by atoms with E-state index in [1.807, 2.05) is 17.5 Å². The summed E-state index contributed by atoms with van der Waals surface area (Å²) in [5, 5.41) is 6.84. The van der Waals surface area contributed by atoms with Crippen molar-refractivity contribution in [3.05, 3.63) is 47.5 Å². The lowest BCUT2D eigenvalue weighted by Crippen LogP contribution is -2.40. The van der Waals surface area contributed by atoms with E-state index >= 15 is 0 Å². The molecule has 0 bridgehead atoms. The van der Waals surface area contributed by atoms with Crippen LogP contribution in [0.5, 0.6) is 0 Å². The number of aromatic nitrogens is 2. The van der Waals surface area contributed by atoms with E-state index in [0.717, 1.165) is 10.3 Å². The molecule has 3 aromatic heterocycles. The van der Waals surface area contributed by atoms with Crippen LogP contribution in [0.25, 0.3) is 33.1 Å². The van der Waals surface area contributed by atoms with Gasteiger partial charge in [-0.1, -0.05) is 11.2 Å². The molecule has 1 aromatic carbocycles. The van der Waals surface area contributed by atoms with Crippen molar-refractivity contribution in [2.45, 2.75) is 0 Å². The van der Waals surface area contributed by atoms with Gasteiger partial charge in [0.1, 0.15) is 17.7 Å². The van der Waals surface area contributed by atoms with Crippen LogP contribution in [-0.2, 0) is 4.74 Å². The Balaban J connectivity index is 1.51. The zero-order valence-corrected chi connectivity index (χ0v) is 15.1. The lowest BCUT2D eigenvalue weighted by atomic mass is 10.1. The van der Waals surface area contributed by atoms with Crippen LogP contribution in [0.4, 0.5) is 0 Å². The second-order valence-corrected chi connectivity index (χ2v) is 7.11. The number of nitrogens with zero attached hydrogens (tertiary/aromatic N) is 3. The number of hydrogen-bond acceptors (Lipinski definition) is 7. The molecule has 136 valence electrons. The van der Waals surface area contributed by atoms with Gasteiger partial charge in [-0.2, -0.15) is 0 Å².